The minimum atomic E-state index is -0.463. The molecule has 0 amide bonds. The molecule has 3 nitrogen and oxygen atoms in total. The van der Waals surface area contributed by atoms with Crippen LogP contribution in [0.4, 0.5) is 5.69 Å². The fraction of sp³-hybridized carbons (Fsp3) is 0.308. The molecule has 0 fully saturated rings. The summed E-state index contributed by atoms with van der Waals surface area (Å²) in [4.78, 5) is 7.15. The standard InChI is InChI=1S/C13H16N2OS/c1-15(2)11-5-3-4-10(6-11)13(16)7-12-8-14-9-17-12/h3-6,8-9,13,16H,7H2,1-2H3. The molecule has 2 aromatic rings. The maximum absolute atomic E-state index is 10.2. The lowest BCUT2D eigenvalue weighted by Crippen LogP contribution is -2.09. The molecule has 1 aromatic heterocycles. The summed E-state index contributed by atoms with van der Waals surface area (Å²) in [5.41, 5.74) is 3.84. The van der Waals surface area contributed by atoms with Gasteiger partial charge in [0.15, 0.2) is 0 Å². The molecule has 90 valence electrons. The third-order valence-corrected chi connectivity index (χ3v) is 3.45. The summed E-state index contributed by atoms with van der Waals surface area (Å²) < 4.78 is 0. The van der Waals surface area contributed by atoms with Gasteiger partial charge in [-0.1, -0.05) is 12.1 Å². The third kappa shape index (κ3) is 3.05. The van der Waals surface area contributed by atoms with Gasteiger partial charge in [-0.3, -0.25) is 4.98 Å². The molecule has 4 heteroatoms. The number of aliphatic hydroxyl groups is 1. The van der Waals surface area contributed by atoms with Crippen molar-refractivity contribution < 1.29 is 5.11 Å². The molecule has 0 aliphatic rings. The van der Waals surface area contributed by atoms with E-state index in [9.17, 15) is 5.11 Å². The number of thiazole rings is 1. The smallest absolute Gasteiger partial charge is 0.0839 e. The topological polar surface area (TPSA) is 36.4 Å². The normalized spacial score (nSPS) is 12.4. The Bertz CT molecular complexity index is 468. The number of aliphatic hydroxyl groups excluding tert-OH is 1. The van der Waals surface area contributed by atoms with E-state index in [-0.39, 0.29) is 0 Å². The molecule has 0 radical (unpaired) electrons. The zero-order valence-corrected chi connectivity index (χ0v) is 10.8. The van der Waals surface area contributed by atoms with E-state index < -0.39 is 6.10 Å². The fourth-order valence-electron chi connectivity index (χ4n) is 1.66. The summed E-state index contributed by atoms with van der Waals surface area (Å²) in [7, 11) is 3.99. The number of anilines is 1. The molecular formula is C13H16N2OS. The molecule has 1 unspecified atom stereocenters. The summed E-state index contributed by atoms with van der Waals surface area (Å²) in [6.45, 7) is 0. The third-order valence-electron chi connectivity index (χ3n) is 2.65. The molecule has 0 spiro atoms. The average Bonchev–Trinajstić information content (AvgIpc) is 2.82. The first kappa shape index (κ1) is 12.1. The van der Waals surface area contributed by atoms with Crippen molar-refractivity contribution in [1.29, 1.82) is 0 Å². The molecule has 1 aromatic carbocycles. The minimum Gasteiger partial charge on any atom is -0.388 e. The van der Waals surface area contributed by atoms with Gasteiger partial charge in [-0.15, -0.1) is 11.3 Å². The van der Waals surface area contributed by atoms with Crippen molar-refractivity contribution in [1.82, 2.24) is 4.98 Å². The maximum Gasteiger partial charge on any atom is 0.0839 e. The van der Waals surface area contributed by atoms with Gasteiger partial charge < -0.3 is 10.0 Å². The van der Waals surface area contributed by atoms with E-state index in [1.54, 1.807) is 16.8 Å². The molecule has 17 heavy (non-hydrogen) atoms. The van der Waals surface area contributed by atoms with E-state index in [1.807, 2.05) is 49.5 Å². The van der Waals surface area contributed by atoms with Gasteiger partial charge in [0.25, 0.3) is 0 Å². The Morgan fingerprint density at radius 3 is 2.88 bits per heavy atom. The molecule has 1 heterocycles. The highest BCUT2D eigenvalue weighted by Gasteiger charge is 2.10. The molecule has 1 N–H and O–H groups in total. The fourth-order valence-corrected chi connectivity index (χ4v) is 2.29. The van der Waals surface area contributed by atoms with Gasteiger partial charge in [0, 0.05) is 37.3 Å². The molecule has 0 bridgehead atoms. The van der Waals surface area contributed by atoms with Crippen molar-refractivity contribution in [3.05, 3.63) is 46.4 Å². The van der Waals surface area contributed by atoms with Gasteiger partial charge in [0.2, 0.25) is 0 Å². The zero-order chi connectivity index (χ0) is 12.3. The summed E-state index contributed by atoms with van der Waals surface area (Å²) in [5, 5.41) is 10.2. The van der Waals surface area contributed by atoms with Gasteiger partial charge in [0.05, 0.1) is 11.6 Å². The first-order valence-electron chi connectivity index (χ1n) is 5.49. The van der Waals surface area contributed by atoms with Crippen molar-refractivity contribution in [2.75, 3.05) is 19.0 Å². The highest BCUT2D eigenvalue weighted by Crippen LogP contribution is 2.23. The second-order valence-electron chi connectivity index (χ2n) is 4.18. The second-order valence-corrected chi connectivity index (χ2v) is 5.15. The van der Waals surface area contributed by atoms with E-state index in [2.05, 4.69) is 4.98 Å². The molecule has 1 atom stereocenters. The monoisotopic (exact) mass is 248 g/mol. The van der Waals surface area contributed by atoms with Gasteiger partial charge >= 0.3 is 0 Å². The number of nitrogens with zero attached hydrogens (tertiary/aromatic N) is 2. The summed E-state index contributed by atoms with van der Waals surface area (Å²) in [6.07, 6.45) is 1.97. The van der Waals surface area contributed by atoms with E-state index >= 15 is 0 Å². The van der Waals surface area contributed by atoms with Crippen molar-refractivity contribution in [2.45, 2.75) is 12.5 Å². The average molecular weight is 248 g/mol. The first-order chi connectivity index (χ1) is 8.16. The Hall–Kier alpha value is -1.39. The highest BCUT2D eigenvalue weighted by molar-refractivity contribution is 7.09. The first-order valence-corrected chi connectivity index (χ1v) is 6.37. The van der Waals surface area contributed by atoms with Crippen LogP contribution in [0.5, 0.6) is 0 Å². The van der Waals surface area contributed by atoms with Gasteiger partial charge in [0.1, 0.15) is 0 Å². The molecule has 0 saturated heterocycles. The van der Waals surface area contributed by atoms with Crippen LogP contribution in [0.25, 0.3) is 0 Å². The quantitative estimate of drug-likeness (QED) is 0.903. The lowest BCUT2D eigenvalue weighted by Gasteiger charge is -2.16. The lowest BCUT2D eigenvalue weighted by atomic mass is 10.1. The Morgan fingerprint density at radius 2 is 2.24 bits per heavy atom. The zero-order valence-electron chi connectivity index (χ0n) is 10.00. The second kappa shape index (κ2) is 5.29. The van der Waals surface area contributed by atoms with Crippen LogP contribution in [0, 0.1) is 0 Å². The lowest BCUT2D eigenvalue weighted by molar-refractivity contribution is 0.179. The number of benzene rings is 1. The Balaban J connectivity index is 2.13. The number of hydrogen-bond acceptors (Lipinski definition) is 4. The maximum atomic E-state index is 10.2. The van der Waals surface area contributed by atoms with Gasteiger partial charge in [-0.2, -0.15) is 0 Å². The van der Waals surface area contributed by atoms with E-state index in [0.717, 1.165) is 16.1 Å². The summed E-state index contributed by atoms with van der Waals surface area (Å²) >= 11 is 1.57. The van der Waals surface area contributed by atoms with E-state index in [1.165, 1.54) is 0 Å². The van der Waals surface area contributed by atoms with E-state index in [0.29, 0.717) is 6.42 Å². The van der Waals surface area contributed by atoms with Gasteiger partial charge in [-0.05, 0) is 17.7 Å². The minimum absolute atomic E-state index is 0.463. The van der Waals surface area contributed by atoms with Crippen LogP contribution in [-0.4, -0.2) is 24.2 Å². The molecule has 0 aliphatic carbocycles. The predicted octanol–water partition coefficient (Wildman–Crippen LogP) is 2.49. The SMILES string of the molecule is CN(C)c1cccc(C(O)Cc2cncs2)c1. The van der Waals surface area contributed by atoms with Crippen molar-refractivity contribution in [3.8, 4) is 0 Å². The molecular weight excluding hydrogens is 232 g/mol. The van der Waals surface area contributed by atoms with E-state index in [4.69, 9.17) is 0 Å². The van der Waals surface area contributed by atoms with Crippen molar-refractivity contribution in [3.63, 3.8) is 0 Å². The van der Waals surface area contributed by atoms with Crippen LogP contribution in [0.3, 0.4) is 0 Å². The van der Waals surface area contributed by atoms with Crippen molar-refractivity contribution >= 4 is 17.0 Å². The van der Waals surface area contributed by atoms with Crippen LogP contribution in [0.2, 0.25) is 0 Å². The predicted molar refractivity (Wildman–Crippen MR) is 71.5 cm³/mol. The Kier molecular flexibility index (Phi) is 3.76. The molecule has 0 saturated carbocycles. The summed E-state index contributed by atoms with van der Waals surface area (Å²) in [6, 6.07) is 7.98. The largest absolute Gasteiger partial charge is 0.388 e. The summed E-state index contributed by atoms with van der Waals surface area (Å²) in [5.74, 6) is 0. The van der Waals surface area contributed by atoms with Crippen LogP contribution in [0.1, 0.15) is 16.5 Å². The number of rotatable bonds is 4. The highest BCUT2D eigenvalue weighted by atomic mass is 32.1. The van der Waals surface area contributed by atoms with Crippen LogP contribution >= 0.6 is 11.3 Å². The van der Waals surface area contributed by atoms with Crippen molar-refractivity contribution in [2.24, 2.45) is 0 Å². The number of aromatic nitrogens is 1. The van der Waals surface area contributed by atoms with Crippen LogP contribution in [0.15, 0.2) is 36.0 Å². The Morgan fingerprint density at radius 1 is 1.41 bits per heavy atom. The molecule has 0 aliphatic heterocycles. The van der Waals surface area contributed by atoms with Crippen LogP contribution < -0.4 is 4.90 Å². The number of hydrogen-bond donors (Lipinski definition) is 1. The Labute approximate surface area is 105 Å². The van der Waals surface area contributed by atoms with Gasteiger partial charge in [-0.25, -0.2) is 0 Å². The molecule has 2 rings (SSSR count). The van der Waals surface area contributed by atoms with Crippen LogP contribution in [-0.2, 0) is 6.42 Å².